The van der Waals surface area contributed by atoms with Crippen molar-refractivity contribution in [3.8, 4) is 0 Å². The van der Waals surface area contributed by atoms with Crippen LogP contribution in [0.4, 0.5) is 0 Å². The van der Waals surface area contributed by atoms with E-state index in [9.17, 15) is 14.7 Å². The minimum absolute atomic E-state index is 0.0522. The van der Waals surface area contributed by atoms with E-state index in [1.165, 1.54) is 70.3 Å². The van der Waals surface area contributed by atoms with Gasteiger partial charge in [-0.1, -0.05) is 90.2 Å². The molecule has 1 aliphatic heterocycles. The maximum atomic E-state index is 12.6. The Balaban J connectivity index is 0.000000830. The Morgan fingerprint density at radius 1 is 0.824 bits per heavy atom. The molecule has 1 aromatic rings. The molecule has 2 rings (SSSR count). The lowest BCUT2D eigenvalue weighted by Gasteiger charge is -2.12. The number of carbonyl (C=O) groups is 2. The summed E-state index contributed by atoms with van der Waals surface area (Å²) >= 11 is 0. The molecule has 0 aromatic heterocycles. The average molecular weight is 477 g/mol. The fourth-order valence-corrected chi connectivity index (χ4v) is 4.13. The molecule has 5 heteroatoms. The largest absolute Gasteiger partial charge is 0.478 e. The van der Waals surface area contributed by atoms with Gasteiger partial charge in [-0.15, -0.1) is 0 Å². The summed E-state index contributed by atoms with van der Waals surface area (Å²) in [7, 11) is 0. The maximum Gasteiger partial charge on any atom is 0.339 e. The van der Waals surface area contributed by atoms with Crippen LogP contribution in [-0.2, 0) is 15.9 Å². The highest BCUT2D eigenvalue weighted by Crippen LogP contribution is 2.20. The van der Waals surface area contributed by atoms with Crippen molar-refractivity contribution in [3.63, 3.8) is 0 Å². The second-order valence-electron chi connectivity index (χ2n) is 9.24. The molecule has 0 spiro atoms. The van der Waals surface area contributed by atoms with Crippen molar-refractivity contribution in [3.05, 3.63) is 34.9 Å². The molecule has 0 bridgehead atoms. The number of esters is 1. The molecule has 1 aromatic carbocycles. The van der Waals surface area contributed by atoms with E-state index in [1.807, 2.05) is 6.07 Å². The molecule has 0 amide bonds. The number of rotatable bonds is 16. The molecule has 1 N–H and O–H groups in total. The van der Waals surface area contributed by atoms with E-state index >= 15 is 0 Å². The predicted molar refractivity (Wildman–Crippen MR) is 139 cm³/mol. The Morgan fingerprint density at radius 2 is 1.41 bits per heavy atom. The fraction of sp³-hybridized carbons (Fsp3) is 0.724. The van der Waals surface area contributed by atoms with Crippen molar-refractivity contribution in [2.45, 2.75) is 117 Å². The fourth-order valence-electron chi connectivity index (χ4n) is 4.13. The molecule has 1 aliphatic rings. The highest BCUT2D eigenvalue weighted by Gasteiger charge is 2.21. The van der Waals surface area contributed by atoms with Crippen LogP contribution in [0.3, 0.4) is 0 Å². The first-order chi connectivity index (χ1) is 16.6. The molecule has 0 unspecified atom stereocenters. The number of aromatic carboxylic acids is 1. The summed E-state index contributed by atoms with van der Waals surface area (Å²) in [6.45, 7) is 6.74. The van der Waals surface area contributed by atoms with E-state index in [0.717, 1.165) is 50.9 Å². The van der Waals surface area contributed by atoms with Crippen molar-refractivity contribution in [2.24, 2.45) is 0 Å². The average Bonchev–Trinajstić information content (AvgIpc) is 2.86. The van der Waals surface area contributed by atoms with Gasteiger partial charge < -0.3 is 14.6 Å². The minimum atomic E-state index is -1.07. The third kappa shape index (κ3) is 13.7. The Labute approximate surface area is 207 Å². The molecule has 0 atom stereocenters. The van der Waals surface area contributed by atoms with Crippen molar-refractivity contribution < 1.29 is 24.2 Å². The smallest absolute Gasteiger partial charge is 0.339 e. The quantitative estimate of drug-likeness (QED) is 0.193. The number of carboxylic acids is 1. The zero-order chi connectivity index (χ0) is 24.9. The number of aryl methyl sites for hydroxylation is 1. The Bertz CT molecular complexity index is 655. The molecule has 194 valence electrons. The Morgan fingerprint density at radius 3 is 1.94 bits per heavy atom. The van der Waals surface area contributed by atoms with Crippen LogP contribution in [0.15, 0.2) is 18.2 Å². The van der Waals surface area contributed by atoms with Crippen LogP contribution >= 0.6 is 0 Å². The van der Waals surface area contributed by atoms with Crippen molar-refractivity contribution in [1.82, 2.24) is 0 Å². The first-order valence-corrected chi connectivity index (χ1v) is 13.7. The summed E-state index contributed by atoms with van der Waals surface area (Å²) in [6.07, 6.45) is 18.3. The summed E-state index contributed by atoms with van der Waals surface area (Å²) in [5.41, 5.74) is 1.09. The Hall–Kier alpha value is -1.88. The number of hydrogen-bond acceptors (Lipinski definition) is 4. The van der Waals surface area contributed by atoms with Gasteiger partial charge in [-0.2, -0.15) is 0 Å². The van der Waals surface area contributed by atoms with Crippen LogP contribution in [-0.4, -0.2) is 36.9 Å². The van der Waals surface area contributed by atoms with Crippen LogP contribution in [0.25, 0.3) is 0 Å². The molecule has 34 heavy (non-hydrogen) atoms. The van der Waals surface area contributed by atoms with Crippen LogP contribution in [0, 0.1) is 0 Å². The topological polar surface area (TPSA) is 72.8 Å². The highest BCUT2D eigenvalue weighted by atomic mass is 16.5. The van der Waals surface area contributed by atoms with Gasteiger partial charge in [-0.25, -0.2) is 9.59 Å². The second-order valence-corrected chi connectivity index (χ2v) is 9.24. The molecule has 0 saturated carbocycles. The van der Waals surface area contributed by atoms with Crippen molar-refractivity contribution in [2.75, 3.05) is 19.8 Å². The second kappa shape index (κ2) is 20.5. The van der Waals surface area contributed by atoms with Gasteiger partial charge in [0.1, 0.15) is 0 Å². The lowest BCUT2D eigenvalue weighted by Crippen LogP contribution is -2.15. The van der Waals surface area contributed by atoms with Gasteiger partial charge in [0, 0.05) is 13.2 Å². The zero-order valence-electron chi connectivity index (χ0n) is 21.7. The lowest BCUT2D eigenvalue weighted by molar-refractivity contribution is 0.0486. The molecule has 0 aliphatic carbocycles. The number of carboxylic acid groups (broad SMARTS) is 1. The summed E-state index contributed by atoms with van der Waals surface area (Å²) in [6, 6.07) is 5.08. The van der Waals surface area contributed by atoms with Gasteiger partial charge in [-0.3, -0.25) is 0 Å². The van der Waals surface area contributed by atoms with E-state index in [-0.39, 0.29) is 11.1 Å². The van der Waals surface area contributed by atoms with Gasteiger partial charge in [0.2, 0.25) is 0 Å². The third-order valence-corrected chi connectivity index (χ3v) is 6.19. The minimum Gasteiger partial charge on any atom is -0.478 e. The molecule has 1 fully saturated rings. The van der Waals surface area contributed by atoms with Crippen LogP contribution < -0.4 is 0 Å². The summed E-state index contributed by atoms with van der Waals surface area (Å²) in [5, 5.41) is 9.49. The van der Waals surface area contributed by atoms with Crippen LogP contribution in [0.2, 0.25) is 0 Å². The summed E-state index contributed by atoms with van der Waals surface area (Å²) in [4.78, 5) is 24.2. The van der Waals surface area contributed by atoms with Gasteiger partial charge in [0.15, 0.2) is 0 Å². The molecule has 1 saturated heterocycles. The van der Waals surface area contributed by atoms with E-state index in [4.69, 9.17) is 9.47 Å². The molecule has 1 heterocycles. The Kier molecular flexibility index (Phi) is 18.2. The summed E-state index contributed by atoms with van der Waals surface area (Å²) < 4.78 is 10.5. The molecule has 5 nitrogen and oxygen atoms in total. The monoisotopic (exact) mass is 476 g/mol. The zero-order valence-corrected chi connectivity index (χ0v) is 21.7. The number of hydrogen-bond donors (Lipinski definition) is 1. The van der Waals surface area contributed by atoms with Crippen LogP contribution in [0.5, 0.6) is 0 Å². The van der Waals surface area contributed by atoms with Gasteiger partial charge >= 0.3 is 11.9 Å². The lowest BCUT2D eigenvalue weighted by atomic mass is 9.96. The van der Waals surface area contributed by atoms with E-state index in [0.29, 0.717) is 13.0 Å². The summed E-state index contributed by atoms with van der Waals surface area (Å²) in [5.74, 6) is -1.57. The molecular weight excluding hydrogens is 428 g/mol. The first kappa shape index (κ1) is 30.2. The molecular formula is C29H48O5. The molecule has 0 radical (unpaired) electrons. The van der Waals surface area contributed by atoms with Crippen molar-refractivity contribution >= 4 is 11.9 Å². The van der Waals surface area contributed by atoms with Gasteiger partial charge in [0.25, 0.3) is 0 Å². The van der Waals surface area contributed by atoms with Crippen molar-refractivity contribution in [1.29, 1.82) is 0 Å². The van der Waals surface area contributed by atoms with Crippen LogP contribution in [0.1, 0.15) is 136 Å². The SMILES string of the molecule is C1CCOCC1.CCCCCCCCOC(=O)c1c(CCCCCCCC)cccc1C(=O)O. The van der Waals surface area contributed by atoms with E-state index in [1.54, 1.807) is 6.07 Å². The number of benzene rings is 1. The maximum absolute atomic E-state index is 12.6. The first-order valence-electron chi connectivity index (χ1n) is 13.7. The van der Waals surface area contributed by atoms with E-state index in [2.05, 4.69) is 13.8 Å². The number of unbranched alkanes of at least 4 members (excludes halogenated alkanes) is 10. The standard InChI is InChI=1S/C24H38O4.C5H10O/c1-3-5-7-9-11-13-16-20-17-15-18-21(23(25)26)22(20)24(27)28-19-14-12-10-8-6-4-2;1-2-4-6-5-3-1/h15,17-18H,3-14,16,19H2,1-2H3,(H,25,26);1-5H2. The van der Waals surface area contributed by atoms with Gasteiger partial charge in [-0.05, 0) is 50.2 Å². The van der Waals surface area contributed by atoms with Gasteiger partial charge in [0.05, 0.1) is 17.7 Å². The van der Waals surface area contributed by atoms with E-state index < -0.39 is 11.9 Å². The number of ether oxygens (including phenoxy) is 2. The highest BCUT2D eigenvalue weighted by molar-refractivity contribution is 6.03. The normalized spacial score (nSPS) is 13.1. The third-order valence-electron chi connectivity index (χ3n) is 6.19. The predicted octanol–water partition coefficient (Wildman–Crippen LogP) is 7.99. The number of carbonyl (C=O) groups excluding carboxylic acids is 1.